The van der Waals surface area contributed by atoms with E-state index < -0.39 is 10.1 Å². The van der Waals surface area contributed by atoms with Crippen LogP contribution in [0.15, 0.2) is 24.5 Å². The average Bonchev–Trinajstić information content (AvgIpc) is 2.52. The molecule has 0 aliphatic carbocycles. The van der Waals surface area contributed by atoms with Gasteiger partial charge in [-0.15, -0.1) is 0 Å². The van der Waals surface area contributed by atoms with Gasteiger partial charge in [0.2, 0.25) is 0 Å². The number of unbranched alkanes of at least 4 members (excludes halogenated alkanes) is 8. The van der Waals surface area contributed by atoms with Gasteiger partial charge in [-0.25, -0.2) is 13.0 Å². The van der Waals surface area contributed by atoms with Crippen molar-refractivity contribution in [1.82, 2.24) is 0 Å². The maximum Gasteiger partial charge on any atom is 0.169 e. The van der Waals surface area contributed by atoms with Crippen molar-refractivity contribution in [3.63, 3.8) is 0 Å². The summed E-state index contributed by atoms with van der Waals surface area (Å²) >= 11 is 0. The topological polar surface area (TPSA) is 61.1 Å². The molecule has 0 fully saturated rings. The summed E-state index contributed by atoms with van der Waals surface area (Å²) < 4.78 is 29.5. The lowest BCUT2D eigenvalue weighted by molar-refractivity contribution is -0.697. The highest BCUT2D eigenvalue weighted by Gasteiger charge is 2.00. The van der Waals surface area contributed by atoms with Gasteiger partial charge in [0, 0.05) is 24.8 Å². The predicted octanol–water partition coefficient (Wildman–Crippen LogP) is 4.23. The fourth-order valence-electron chi connectivity index (χ4n) is 2.48. The summed E-state index contributed by atoms with van der Waals surface area (Å²) in [5.41, 5.74) is 1.43. The lowest BCUT2D eigenvalue weighted by Gasteiger charge is -2.01. The molecule has 0 N–H and O–H groups in total. The fraction of sp³-hybridized carbons (Fsp3) is 0.737. The quantitative estimate of drug-likeness (QED) is 0.338. The third-order valence-electron chi connectivity index (χ3n) is 3.89. The van der Waals surface area contributed by atoms with Crippen molar-refractivity contribution in [2.45, 2.75) is 84.6 Å². The Hall–Kier alpha value is -0.940. The number of aromatic nitrogens is 1. The zero-order valence-electron chi connectivity index (χ0n) is 15.7. The Kier molecular flexibility index (Phi) is 13.8. The van der Waals surface area contributed by atoms with Gasteiger partial charge in [0.1, 0.15) is 6.54 Å². The minimum absolute atomic E-state index is 0.604. The zero-order valence-corrected chi connectivity index (χ0v) is 16.5. The van der Waals surface area contributed by atoms with E-state index in [0.29, 0.717) is 6.26 Å². The third kappa shape index (κ3) is 17.4. The lowest BCUT2D eigenvalue weighted by atomic mass is 10.1. The summed E-state index contributed by atoms with van der Waals surface area (Å²) in [4.78, 5) is 0. The van der Waals surface area contributed by atoms with E-state index in [2.05, 4.69) is 42.9 Å². The van der Waals surface area contributed by atoms with Gasteiger partial charge in [0.25, 0.3) is 0 Å². The molecule has 1 aromatic rings. The second kappa shape index (κ2) is 14.4. The molecule has 0 saturated heterocycles. The van der Waals surface area contributed by atoms with Crippen molar-refractivity contribution >= 4 is 10.1 Å². The van der Waals surface area contributed by atoms with Crippen LogP contribution in [0.5, 0.6) is 0 Å². The second-order valence-electron chi connectivity index (χ2n) is 6.33. The van der Waals surface area contributed by atoms with Crippen molar-refractivity contribution < 1.29 is 17.5 Å². The molecule has 0 aromatic carbocycles. The summed E-state index contributed by atoms with van der Waals surface area (Å²) in [6.45, 7) is 5.67. The van der Waals surface area contributed by atoms with Gasteiger partial charge < -0.3 is 4.55 Å². The molecule has 5 heteroatoms. The van der Waals surface area contributed by atoms with Crippen LogP contribution in [0.3, 0.4) is 0 Å². The van der Waals surface area contributed by atoms with Crippen LogP contribution in [-0.4, -0.2) is 19.2 Å². The van der Waals surface area contributed by atoms with Crippen LogP contribution in [0.2, 0.25) is 0 Å². The van der Waals surface area contributed by atoms with Crippen LogP contribution in [0.4, 0.5) is 0 Å². The Balaban J connectivity index is 0.000000922. The molecular weight excluding hydrogens is 322 g/mol. The van der Waals surface area contributed by atoms with Gasteiger partial charge in [-0.1, -0.05) is 58.8 Å². The minimum Gasteiger partial charge on any atom is -0.748 e. The van der Waals surface area contributed by atoms with Crippen LogP contribution >= 0.6 is 0 Å². The highest BCUT2D eigenvalue weighted by molar-refractivity contribution is 7.84. The van der Waals surface area contributed by atoms with Gasteiger partial charge in [-0.2, -0.15) is 0 Å². The number of hydrogen-bond donors (Lipinski definition) is 0. The summed E-state index contributed by atoms with van der Waals surface area (Å²) in [7, 11) is -3.92. The monoisotopic (exact) mass is 357 g/mol. The first-order valence-electron chi connectivity index (χ1n) is 9.25. The Morgan fingerprint density at radius 3 is 1.71 bits per heavy atom. The summed E-state index contributed by atoms with van der Waals surface area (Å²) in [6, 6.07) is 4.49. The van der Waals surface area contributed by atoms with Crippen molar-refractivity contribution in [3.8, 4) is 0 Å². The largest absolute Gasteiger partial charge is 0.748 e. The van der Waals surface area contributed by atoms with E-state index in [0.717, 1.165) is 6.42 Å². The first kappa shape index (κ1) is 23.1. The van der Waals surface area contributed by atoms with Gasteiger partial charge >= 0.3 is 0 Å². The molecule has 24 heavy (non-hydrogen) atoms. The molecule has 0 bridgehead atoms. The molecule has 0 aliphatic rings. The molecule has 0 amide bonds. The van der Waals surface area contributed by atoms with E-state index in [9.17, 15) is 0 Å². The van der Waals surface area contributed by atoms with Crippen molar-refractivity contribution in [2.24, 2.45) is 0 Å². The van der Waals surface area contributed by atoms with Crippen molar-refractivity contribution in [3.05, 3.63) is 30.1 Å². The van der Waals surface area contributed by atoms with Gasteiger partial charge in [0.05, 0.1) is 10.1 Å². The van der Waals surface area contributed by atoms with E-state index in [1.807, 2.05) is 0 Å². The SMILES string of the molecule is CCCCCCCCCCC[n+]1ccc(CC)cc1.CS(=O)(=O)[O-]. The maximum atomic E-state index is 9.08. The summed E-state index contributed by atoms with van der Waals surface area (Å²) in [5, 5.41) is 0. The fourth-order valence-corrected chi connectivity index (χ4v) is 2.48. The van der Waals surface area contributed by atoms with E-state index in [1.54, 1.807) is 0 Å². The Bertz CT molecular complexity index is 490. The van der Waals surface area contributed by atoms with Crippen LogP contribution in [0.25, 0.3) is 0 Å². The summed E-state index contributed by atoms with van der Waals surface area (Å²) in [6.07, 6.45) is 18.9. The lowest BCUT2D eigenvalue weighted by Crippen LogP contribution is -2.32. The third-order valence-corrected chi connectivity index (χ3v) is 3.89. The van der Waals surface area contributed by atoms with Crippen LogP contribution < -0.4 is 4.57 Å². The van der Waals surface area contributed by atoms with Crippen LogP contribution in [0, 0.1) is 0 Å². The summed E-state index contributed by atoms with van der Waals surface area (Å²) in [5.74, 6) is 0. The van der Waals surface area contributed by atoms with E-state index in [1.165, 1.54) is 69.9 Å². The van der Waals surface area contributed by atoms with E-state index in [4.69, 9.17) is 13.0 Å². The Labute approximate surface area is 149 Å². The van der Waals surface area contributed by atoms with Crippen LogP contribution in [0.1, 0.15) is 77.2 Å². The number of nitrogens with zero attached hydrogens (tertiary/aromatic N) is 1. The van der Waals surface area contributed by atoms with E-state index >= 15 is 0 Å². The molecule has 1 heterocycles. The number of aryl methyl sites for hydroxylation is 2. The molecule has 0 spiro atoms. The molecule has 0 radical (unpaired) electrons. The molecule has 4 nitrogen and oxygen atoms in total. The van der Waals surface area contributed by atoms with Crippen molar-refractivity contribution in [2.75, 3.05) is 6.26 Å². The molecular formula is C19H35NO3S. The first-order valence-corrected chi connectivity index (χ1v) is 11.1. The molecule has 0 saturated carbocycles. The highest BCUT2D eigenvalue weighted by atomic mass is 32.2. The molecule has 0 atom stereocenters. The van der Waals surface area contributed by atoms with E-state index in [-0.39, 0.29) is 0 Å². The minimum atomic E-state index is -3.92. The van der Waals surface area contributed by atoms with Gasteiger partial charge in [0.15, 0.2) is 12.4 Å². The highest BCUT2D eigenvalue weighted by Crippen LogP contribution is 2.09. The predicted molar refractivity (Wildman–Crippen MR) is 98.9 cm³/mol. The Morgan fingerprint density at radius 2 is 1.29 bits per heavy atom. The standard InChI is InChI=1S/C18H32N.CH4O3S/c1-3-5-6-7-8-9-10-11-12-15-19-16-13-18(4-2)14-17-19;1-5(2,3)4/h13-14,16-17H,3-12,15H2,1-2H3;1H3,(H,2,3,4)/q+1;/p-1. The van der Waals surface area contributed by atoms with Crippen molar-refractivity contribution in [1.29, 1.82) is 0 Å². The molecule has 1 aromatic heterocycles. The van der Waals surface area contributed by atoms with Crippen LogP contribution in [-0.2, 0) is 23.1 Å². The molecule has 140 valence electrons. The molecule has 0 unspecified atom stereocenters. The molecule has 0 aliphatic heterocycles. The van der Waals surface area contributed by atoms with Gasteiger partial charge in [-0.05, 0) is 18.4 Å². The zero-order chi connectivity index (χ0) is 18.3. The number of pyridine rings is 1. The smallest absolute Gasteiger partial charge is 0.169 e. The van der Waals surface area contributed by atoms with Gasteiger partial charge in [-0.3, -0.25) is 0 Å². The second-order valence-corrected chi connectivity index (χ2v) is 7.74. The normalized spacial score (nSPS) is 11.0. The first-order chi connectivity index (χ1) is 11.4. The Morgan fingerprint density at radius 1 is 0.875 bits per heavy atom. The molecule has 1 rings (SSSR count). The number of rotatable bonds is 11. The number of hydrogen-bond acceptors (Lipinski definition) is 3. The maximum absolute atomic E-state index is 9.08. The average molecular weight is 358 g/mol.